The van der Waals surface area contributed by atoms with E-state index in [1.807, 2.05) is 47.0 Å². The maximum absolute atomic E-state index is 10.8. The van der Waals surface area contributed by atoms with Crippen LogP contribution in [-0.4, -0.2) is 19.5 Å². The normalized spacial score (nSPS) is 11.4. The molecule has 2 heterocycles. The van der Waals surface area contributed by atoms with Crippen LogP contribution in [0.5, 0.6) is 5.75 Å². The summed E-state index contributed by atoms with van der Waals surface area (Å²) in [6.07, 6.45) is 3.64. The lowest BCUT2D eigenvalue weighted by Crippen LogP contribution is -1.98. The van der Waals surface area contributed by atoms with Crippen LogP contribution in [-0.2, 0) is 0 Å². The Morgan fingerprint density at radius 3 is 2.53 bits per heavy atom. The summed E-state index contributed by atoms with van der Waals surface area (Å²) in [6, 6.07) is 21.9. The molecule has 0 amide bonds. The first-order valence-corrected chi connectivity index (χ1v) is 10.0. The van der Waals surface area contributed by atoms with Crippen molar-refractivity contribution in [3.05, 3.63) is 84.7 Å². The van der Waals surface area contributed by atoms with Crippen LogP contribution in [0.15, 0.2) is 79.1 Å². The third-order valence-corrected chi connectivity index (χ3v) is 5.39. The Bertz CT molecular complexity index is 1350. The summed E-state index contributed by atoms with van der Waals surface area (Å²) >= 11 is 0. The molecule has 5 heteroatoms. The van der Waals surface area contributed by atoms with E-state index in [-0.39, 0.29) is 5.75 Å². The van der Waals surface area contributed by atoms with Gasteiger partial charge in [-0.15, -0.1) is 0 Å². The third kappa shape index (κ3) is 3.05. The first kappa shape index (κ1) is 18.2. The van der Waals surface area contributed by atoms with E-state index in [1.54, 1.807) is 12.3 Å². The van der Waals surface area contributed by atoms with E-state index in [4.69, 9.17) is 4.98 Å². The lowest BCUT2D eigenvalue weighted by atomic mass is 10.0. The SMILES string of the molecule is CC(C)c1ccc(Nc2c(-c3c(O)ccc4ccccc34)nc3ncccn23)cc1. The van der Waals surface area contributed by atoms with Crippen molar-refractivity contribution in [2.24, 2.45) is 0 Å². The fraction of sp³-hybridized carbons (Fsp3) is 0.120. The predicted octanol–water partition coefficient (Wildman–Crippen LogP) is 6.12. The number of fused-ring (bicyclic) bond motifs is 2. The molecule has 0 spiro atoms. The minimum atomic E-state index is 0.190. The fourth-order valence-corrected chi connectivity index (χ4v) is 3.78. The summed E-state index contributed by atoms with van der Waals surface area (Å²) in [6.45, 7) is 4.36. The van der Waals surface area contributed by atoms with Crippen molar-refractivity contribution < 1.29 is 5.11 Å². The molecule has 5 nitrogen and oxygen atoms in total. The van der Waals surface area contributed by atoms with Crippen LogP contribution >= 0.6 is 0 Å². The molecule has 0 radical (unpaired) electrons. The highest BCUT2D eigenvalue weighted by atomic mass is 16.3. The zero-order valence-corrected chi connectivity index (χ0v) is 16.9. The van der Waals surface area contributed by atoms with Crippen molar-refractivity contribution >= 4 is 28.1 Å². The molecule has 2 N–H and O–H groups in total. The monoisotopic (exact) mass is 394 g/mol. The summed E-state index contributed by atoms with van der Waals surface area (Å²) < 4.78 is 1.91. The van der Waals surface area contributed by atoms with Crippen LogP contribution in [0.2, 0.25) is 0 Å². The van der Waals surface area contributed by atoms with Crippen LogP contribution in [0.25, 0.3) is 27.8 Å². The van der Waals surface area contributed by atoms with Gasteiger partial charge in [0.1, 0.15) is 17.3 Å². The number of rotatable bonds is 4. The molecule has 5 aromatic rings. The number of nitrogens with zero attached hydrogens (tertiary/aromatic N) is 3. The number of imidazole rings is 1. The maximum atomic E-state index is 10.8. The van der Waals surface area contributed by atoms with Gasteiger partial charge in [-0.1, -0.05) is 56.3 Å². The molecule has 0 aliphatic carbocycles. The minimum Gasteiger partial charge on any atom is -0.507 e. The molecular formula is C25H22N4O. The molecule has 148 valence electrons. The standard InChI is InChI=1S/C25H22N4O/c1-16(2)17-8-11-19(12-9-17)27-24-23(28-25-26-14-5-15-29(24)25)22-20-7-4-3-6-18(20)10-13-21(22)30/h3-16,27,30H,1-2H3. The number of aromatic nitrogens is 3. The van der Waals surface area contributed by atoms with E-state index in [1.165, 1.54) is 5.56 Å². The van der Waals surface area contributed by atoms with Gasteiger partial charge in [-0.2, -0.15) is 0 Å². The Morgan fingerprint density at radius 2 is 1.73 bits per heavy atom. The van der Waals surface area contributed by atoms with Crippen LogP contribution < -0.4 is 5.32 Å². The molecule has 0 unspecified atom stereocenters. The van der Waals surface area contributed by atoms with Gasteiger partial charge in [0.2, 0.25) is 5.78 Å². The molecule has 0 saturated heterocycles. The number of benzene rings is 3. The van der Waals surface area contributed by atoms with Gasteiger partial charge >= 0.3 is 0 Å². The van der Waals surface area contributed by atoms with Crippen molar-refractivity contribution in [3.8, 4) is 17.0 Å². The van der Waals surface area contributed by atoms with Gasteiger partial charge in [-0.05, 0) is 46.5 Å². The van der Waals surface area contributed by atoms with Gasteiger partial charge < -0.3 is 10.4 Å². The van der Waals surface area contributed by atoms with Crippen LogP contribution in [0.1, 0.15) is 25.3 Å². The predicted molar refractivity (Wildman–Crippen MR) is 121 cm³/mol. The molecule has 2 aromatic heterocycles. The van der Waals surface area contributed by atoms with Gasteiger partial charge in [0, 0.05) is 18.1 Å². The second kappa shape index (κ2) is 7.19. The van der Waals surface area contributed by atoms with E-state index in [9.17, 15) is 5.11 Å². The molecule has 3 aromatic carbocycles. The van der Waals surface area contributed by atoms with Crippen LogP contribution in [0, 0.1) is 0 Å². The minimum absolute atomic E-state index is 0.190. The second-order valence-corrected chi connectivity index (χ2v) is 7.68. The number of hydrogen-bond donors (Lipinski definition) is 2. The Hall–Kier alpha value is -3.86. The molecular weight excluding hydrogens is 372 g/mol. The van der Waals surface area contributed by atoms with E-state index in [2.05, 4.69) is 48.4 Å². The maximum Gasteiger partial charge on any atom is 0.235 e. The van der Waals surface area contributed by atoms with Crippen molar-refractivity contribution in [1.29, 1.82) is 0 Å². The van der Waals surface area contributed by atoms with Gasteiger partial charge in [-0.3, -0.25) is 4.40 Å². The molecule has 0 aliphatic rings. The molecule has 0 atom stereocenters. The van der Waals surface area contributed by atoms with Gasteiger partial charge in [-0.25, -0.2) is 9.97 Å². The topological polar surface area (TPSA) is 62.5 Å². The Labute approximate surface area is 174 Å². The van der Waals surface area contributed by atoms with E-state index < -0.39 is 0 Å². The van der Waals surface area contributed by atoms with Crippen molar-refractivity contribution in [2.75, 3.05) is 5.32 Å². The Kier molecular flexibility index (Phi) is 4.36. The number of hydrogen-bond acceptors (Lipinski definition) is 4. The fourth-order valence-electron chi connectivity index (χ4n) is 3.78. The lowest BCUT2D eigenvalue weighted by molar-refractivity contribution is 0.478. The molecule has 0 bridgehead atoms. The number of aromatic hydroxyl groups is 1. The smallest absolute Gasteiger partial charge is 0.235 e. The van der Waals surface area contributed by atoms with Crippen molar-refractivity contribution in [2.45, 2.75) is 19.8 Å². The number of nitrogens with one attached hydrogen (secondary N) is 1. The highest BCUT2D eigenvalue weighted by Gasteiger charge is 2.20. The molecule has 0 aliphatic heterocycles. The molecule has 5 rings (SSSR count). The van der Waals surface area contributed by atoms with Crippen molar-refractivity contribution in [3.63, 3.8) is 0 Å². The van der Waals surface area contributed by atoms with Crippen LogP contribution in [0.3, 0.4) is 0 Å². The van der Waals surface area contributed by atoms with Crippen LogP contribution in [0.4, 0.5) is 11.5 Å². The second-order valence-electron chi connectivity index (χ2n) is 7.68. The van der Waals surface area contributed by atoms with Gasteiger partial charge in [0.15, 0.2) is 0 Å². The summed E-state index contributed by atoms with van der Waals surface area (Å²) in [7, 11) is 0. The molecule has 0 saturated carbocycles. The summed E-state index contributed by atoms with van der Waals surface area (Å²) in [5.74, 6) is 2.00. The average Bonchev–Trinajstić information content (AvgIpc) is 3.12. The quantitative estimate of drug-likeness (QED) is 0.385. The van der Waals surface area contributed by atoms with E-state index >= 15 is 0 Å². The first-order valence-electron chi connectivity index (χ1n) is 10.0. The summed E-state index contributed by atoms with van der Waals surface area (Å²) in [5, 5.41) is 16.3. The zero-order valence-electron chi connectivity index (χ0n) is 16.9. The number of phenolic OH excluding ortho intramolecular Hbond substituents is 1. The lowest BCUT2D eigenvalue weighted by Gasteiger charge is -2.12. The summed E-state index contributed by atoms with van der Waals surface area (Å²) in [4.78, 5) is 9.17. The zero-order chi connectivity index (χ0) is 20.7. The Balaban J connectivity index is 1.72. The van der Waals surface area contributed by atoms with Gasteiger partial charge in [0.25, 0.3) is 0 Å². The highest BCUT2D eigenvalue weighted by Crippen LogP contribution is 2.40. The van der Waals surface area contributed by atoms with E-state index in [0.29, 0.717) is 23.0 Å². The average molecular weight is 394 g/mol. The highest BCUT2D eigenvalue weighted by molar-refractivity contribution is 6.01. The van der Waals surface area contributed by atoms with Crippen molar-refractivity contribution in [1.82, 2.24) is 14.4 Å². The molecule has 0 fully saturated rings. The summed E-state index contributed by atoms with van der Waals surface area (Å²) in [5.41, 5.74) is 3.59. The van der Waals surface area contributed by atoms with E-state index in [0.717, 1.165) is 22.3 Å². The largest absolute Gasteiger partial charge is 0.507 e. The first-order chi connectivity index (χ1) is 14.6. The third-order valence-electron chi connectivity index (χ3n) is 5.39. The van der Waals surface area contributed by atoms with Gasteiger partial charge in [0.05, 0.1) is 5.56 Å². The molecule has 30 heavy (non-hydrogen) atoms. The number of phenols is 1. The Morgan fingerprint density at radius 1 is 0.933 bits per heavy atom. The number of anilines is 2.